The summed E-state index contributed by atoms with van der Waals surface area (Å²) >= 11 is 0. The highest BCUT2D eigenvalue weighted by molar-refractivity contribution is 6.04. The van der Waals surface area contributed by atoms with Crippen LogP contribution in [0.4, 0.5) is 5.82 Å². The molecule has 1 aliphatic rings. The molecule has 11 heteroatoms. The number of para-hydroxylation sites is 1. The molecule has 2 atom stereocenters. The first-order valence-electron chi connectivity index (χ1n) is 13.9. The highest BCUT2D eigenvalue weighted by Gasteiger charge is 2.24. The molecule has 43 heavy (non-hydrogen) atoms. The van der Waals surface area contributed by atoms with Crippen molar-refractivity contribution < 1.29 is 14.3 Å². The molecule has 1 aliphatic heterocycles. The molecule has 4 N–H and O–H groups in total. The Hall–Kier alpha value is -5.47. The smallest absolute Gasteiger partial charge is 0.264 e. The maximum Gasteiger partial charge on any atom is 0.264 e. The van der Waals surface area contributed by atoms with E-state index >= 15 is 0 Å². The molecular formula is C32H29N7O4. The van der Waals surface area contributed by atoms with Gasteiger partial charge in [-0.05, 0) is 55.5 Å². The number of nitrogen functional groups attached to an aromatic ring is 1. The van der Waals surface area contributed by atoms with Crippen LogP contribution in [0.3, 0.4) is 0 Å². The summed E-state index contributed by atoms with van der Waals surface area (Å²) in [5.41, 5.74) is 8.01. The zero-order valence-electron chi connectivity index (χ0n) is 23.4. The van der Waals surface area contributed by atoms with Gasteiger partial charge in [0.2, 0.25) is 5.91 Å². The van der Waals surface area contributed by atoms with Crippen LogP contribution in [0.25, 0.3) is 22.1 Å². The summed E-state index contributed by atoms with van der Waals surface area (Å²) < 4.78 is 8.44. The Labute approximate surface area is 246 Å². The number of benzene rings is 2. The Morgan fingerprint density at radius 3 is 2.79 bits per heavy atom. The van der Waals surface area contributed by atoms with E-state index in [0.29, 0.717) is 46.4 Å². The van der Waals surface area contributed by atoms with Crippen molar-refractivity contribution >= 4 is 34.1 Å². The average molecular weight is 576 g/mol. The van der Waals surface area contributed by atoms with Crippen LogP contribution >= 0.6 is 0 Å². The molecule has 0 unspecified atom stereocenters. The highest BCUT2D eigenvalue weighted by Crippen LogP contribution is 2.24. The summed E-state index contributed by atoms with van der Waals surface area (Å²) in [6.07, 6.45) is 4.36. The molecule has 5 aromatic rings. The van der Waals surface area contributed by atoms with E-state index < -0.39 is 18.1 Å². The molecule has 3 aromatic heterocycles. The third kappa shape index (κ3) is 5.43. The van der Waals surface area contributed by atoms with E-state index in [1.807, 2.05) is 48.5 Å². The number of anilines is 1. The lowest BCUT2D eigenvalue weighted by atomic mass is 10.0. The van der Waals surface area contributed by atoms with Crippen LogP contribution in [0.15, 0.2) is 77.9 Å². The lowest BCUT2D eigenvalue weighted by molar-refractivity contribution is -0.129. The number of pyridine rings is 1. The zero-order chi connectivity index (χ0) is 29.9. The second-order valence-corrected chi connectivity index (χ2v) is 10.2. The van der Waals surface area contributed by atoms with Crippen LogP contribution in [0, 0.1) is 11.8 Å². The number of nitrogens with zero attached hydrogens (tertiary/aromatic N) is 4. The quantitative estimate of drug-likeness (QED) is 0.264. The van der Waals surface area contributed by atoms with E-state index in [0.717, 1.165) is 6.42 Å². The van der Waals surface area contributed by atoms with E-state index in [9.17, 15) is 14.4 Å². The predicted octanol–water partition coefficient (Wildman–Crippen LogP) is 2.75. The minimum atomic E-state index is -0.606. The summed E-state index contributed by atoms with van der Waals surface area (Å²) in [6.45, 7) is 2.52. The van der Waals surface area contributed by atoms with Gasteiger partial charge in [-0.1, -0.05) is 42.2 Å². The molecule has 1 fully saturated rings. The van der Waals surface area contributed by atoms with Crippen molar-refractivity contribution in [1.29, 1.82) is 0 Å². The van der Waals surface area contributed by atoms with Crippen LogP contribution < -0.4 is 21.9 Å². The van der Waals surface area contributed by atoms with Gasteiger partial charge in [-0.25, -0.2) is 9.50 Å². The number of carbonyl (C=O) groups excluding carboxylic acids is 2. The highest BCUT2D eigenvalue weighted by atomic mass is 16.5. The van der Waals surface area contributed by atoms with Crippen molar-refractivity contribution in [1.82, 2.24) is 29.8 Å². The van der Waals surface area contributed by atoms with Crippen LogP contribution in [-0.4, -0.2) is 50.2 Å². The van der Waals surface area contributed by atoms with E-state index in [2.05, 4.69) is 32.6 Å². The second kappa shape index (κ2) is 11.8. The van der Waals surface area contributed by atoms with Crippen molar-refractivity contribution in [2.75, 3.05) is 18.9 Å². The number of hydrogen-bond donors (Lipinski definition) is 3. The molecule has 11 nitrogen and oxygen atoms in total. The first-order valence-corrected chi connectivity index (χ1v) is 13.9. The van der Waals surface area contributed by atoms with Gasteiger partial charge in [0.25, 0.3) is 11.5 Å². The molecule has 0 bridgehead atoms. The van der Waals surface area contributed by atoms with Crippen molar-refractivity contribution in [2.24, 2.45) is 0 Å². The Bertz CT molecular complexity index is 1960. The summed E-state index contributed by atoms with van der Waals surface area (Å²) in [5, 5.41) is 11.0. The first kappa shape index (κ1) is 27.7. The Balaban J connectivity index is 1.36. The number of aromatic nitrogens is 4. The minimum absolute atomic E-state index is 0.0533. The first-order chi connectivity index (χ1) is 20.9. The fraction of sp³-hybridized carbons (Fsp3) is 0.219. The number of nitrogens with one attached hydrogen (secondary N) is 2. The summed E-state index contributed by atoms with van der Waals surface area (Å²) in [4.78, 5) is 44.1. The molecule has 4 heterocycles. The van der Waals surface area contributed by atoms with Crippen molar-refractivity contribution in [3.63, 3.8) is 0 Å². The number of amides is 2. The van der Waals surface area contributed by atoms with Gasteiger partial charge in [0.15, 0.2) is 11.5 Å². The van der Waals surface area contributed by atoms with Crippen molar-refractivity contribution in [3.05, 3.63) is 100 Å². The van der Waals surface area contributed by atoms with Gasteiger partial charge in [0.1, 0.15) is 11.7 Å². The number of ether oxygens (including phenoxy) is 1. The molecule has 216 valence electrons. The summed E-state index contributed by atoms with van der Waals surface area (Å²) in [7, 11) is 0. The Morgan fingerprint density at radius 2 is 2.00 bits per heavy atom. The van der Waals surface area contributed by atoms with Gasteiger partial charge in [0, 0.05) is 35.9 Å². The number of hydrogen-bond acceptors (Lipinski definition) is 7. The Morgan fingerprint density at radius 1 is 1.16 bits per heavy atom. The largest absolute Gasteiger partial charge is 0.381 e. The van der Waals surface area contributed by atoms with Gasteiger partial charge in [-0.3, -0.25) is 19.0 Å². The SMILES string of the molecule is C[C@H](NC(=O)c1c(N)nn2cccnc12)c1cc2cccc(C#CCNC(=O)[C@@H]3CCCO3)c2c(=O)n1-c1ccccc1. The van der Waals surface area contributed by atoms with Gasteiger partial charge in [0.05, 0.1) is 18.0 Å². The fourth-order valence-corrected chi connectivity index (χ4v) is 5.28. The molecule has 6 rings (SSSR count). The van der Waals surface area contributed by atoms with E-state index in [1.54, 1.807) is 36.0 Å². The lowest BCUT2D eigenvalue weighted by Crippen LogP contribution is -2.34. The zero-order valence-corrected chi connectivity index (χ0v) is 23.4. The molecule has 2 amide bonds. The van der Waals surface area contributed by atoms with Crippen LogP contribution in [0.2, 0.25) is 0 Å². The number of rotatable bonds is 6. The summed E-state index contributed by atoms with van der Waals surface area (Å²) in [5.74, 6) is 5.43. The number of carbonyl (C=O) groups is 2. The molecular weight excluding hydrogens is 546 g/mol. The monoisotopic (exact) mass is 575 g/mol. The van der Waals surface area contributed by atoms with Crippen LogP contribution in [-0.2, 0) is 9.53 Å². The van der Waals surface area contributed by atoms with Gasteiger partial charge >= 0.3 is 0 Å². The maximum atomic E-state index is 14.2. The second-order valence-electron chi connectivity index (χ2n) is 10.2. The van der Waals surface area contributed by atoms with E-state index in [1.165, 1.54) is 4.52 Å². The van der Waals surface area contributed by atoms with Gasteiger partial charge in [-0.2, -0.15) is 0 Å². The number of nitrogens with two attached hydrogens (primary N) is 1. The topological polar surface area (TPSA) is 146 Å². The molecule has 0 spiro atoms. The van der Waals surface area contributed by atoms with E-state index in [4.69, 9.17) is 10.5 Å². The molecule has 1 saturated heterocycles. The normalized spacial score (nSPS) is 15.1. The average Bonchev–Trinajstić information content (AvgIpc) is 3.67. The van der Waals surface area contributed by atoms with Crippen LogP contribution in [0.1, 0.15) is 47.4 Å². The lowest BCUT2D eigenvalue weighted by Gasteiger charge is -2.21. The molecule has 2 aromatic carbocycles. The van der Waals surface area contributed by atoms with Gasteiger partial charge in [-0.15, -0.1) is 5.10 Å². The minimum Gasteiger partial charge on any atom is -0.381 e. The predicted molar refractivity (Wildman–Crippen MR) is 162 cm³/mol. The molecule has 0 saturated carbocycles. The van der Waals surface area contributed by atoms with Crippen molar-refractivity contribution in [3.8, 4) is 17.5 Å². The van der Waals surface area contributed by atoms with Gasteiger partial charge < -0.3 is 21.1 Å². The van der Waals surface area contributed by atoms with Crippen molar-refractivity contribution in [2.45, 2.75) is 31.9 Å². The fourth-order valence-electron chi connectivity index (χ4n) is 5.28. The third-order valence-electron chi connectivity index (χ3n) is 7.33. The summed E-state index contributed by atoms with van der Waals surface area (Å²) in [6, 6.07) is 17.6. The third-order valence-corrected chi connectivity index (χ3v) is 7.33. The van der Waals surface area contributed by atoms with E-state index in [-0.39, 0.29) is 29.4 Å². The standard InChI is InChI=1S/C32H29N7O4/c1-20(36-31(41)27-28(33)37-38-17-8-16-34-29(27)38)24-19-22-10-5-9-21(11-6-15-35-30(40)25-14-7-18-43-25)26(22)32(42)39(24)23-12-3-2-4-13-23/h2-5,8-10,12-13,16-17,19-20,25H,7,14-15,18H2,1H3,(H2,33,37)(H,35,40)(H,36,41)/t20-,25-/m0/s1. The molecule has 0 radical (unpaired) electrons. The maximum absolute atomic E-state index is 14.2. The molecule has 0 aliphatic carbocycles. The Kier molecular flexibility index (Phi) is 7.59. The van der Waals surface area contributed by atoms with Crippen LogP contribution in [0.5, 0.6) is 0 Å². The number of fused-ring (bicyclic) bond motifs is 2.